The van der Waals surface area contributed by atoms with Gasteiger partial charge < -0.3 is 4.90 Å². The highest BCUT2D eigenvalue weighted by molar-refractivity contribution is 9.10. The topological polar surface area (TPSA) is 33.2 Å². The molecule has 84 valence electrons. The molecule has 0 aliphatic carbocycles. The van der Waals surface area contributed by atoms with Crippen LogP contribution >= 0.6 is 15.9 Å². The fourth-order valence-corrected chi connectivity index (χ4v) is 2.19. The molecule has 1 aliphatic heterocycles. The Labute approximate surface area is 103 Å². The molecular weight excluding hydrogens is 268 g/mol. The second-order valence-electron chi connectivity index (χ2n) is 3.88. The minimum Gasteiger partial charge on any atom is -0.338 e. The molecule has 0 saturated carbocycles. The van der Waals surface area contributed by atoms with E-state index in [1.807, 2.05) is 17.0 Å². The molecule has 0 radical (unpaired) electrons. The van der Waals surface area contributed by atoms with Gasteiger partial charge in [-0.15, -0.1) is 0 Å². The van der Waals surface area contributed by atoms with Crippen LogP contribution in [0.4, 0.5) is 0 Å². The van der Waals surface area contributed by atoms with Crippen molar-refractivity contribution in [2.45, 2.75) is 12.3 Å². The van der Waals surface area contributed by atoms with Crippen molar-refractivity contribution in [3.8, 4) is 0 Å². The quantitative estimate of drug-likeness (QED) is 0.780. The summed E-state index contributed by atoms with van der Waals surface area (Å²) in [6.07, 6.45) is 4.15. The van der Waals surface area contributed by atoms with Crippen molar-refractivity contribution >= 4 is 21.8 Å². The number of hydrogen-bond donors (Lipinski definition) is 0. The summed E-state index contributed by atoms with van der Waals surface area (Å²) < 4.78 is 0.980. The predicted molar refractivity (Wildman–Crippen MR) is 66.1 cm³/mol. The van der Waals surface area contributed by atoms with Crippen LogP contribution in [0.2, 0.25) is 0 Å². The summed E-state index contributed by atoms with van der Waals surface area (Å²) in [4.78, 5) is 17.6. The van der Waals surface area contributed by atoms with Crippen LogP contribution in [-0.2, 0) is 4.79 Å². The van der Waals surface area contributed by atoms with Crippen molar-refractivity contribution in [2.24, 2.45) is 0 Å². The number of halogens is 1. The first-order valence-corrected chi connectivity index (χ1v) is 6.03. The normalized spacial score (nSPS) is 19.8. The van der Waals surface area contributed by atoms with Crippen molar-refractivity contribution in [1.29, 1.82) is 0 Å². The predicted octanol–water partition coefficient (Wildman–Crippen LogP) is 2.35. The van der Waals surface area contributed by atoms with Gasteiger partial charge in [0.2, 0.25) is 5.91 Å². The number of likely N-dealkylation sites (tertiary alicyclic amines) is 1. The first kappa shape index (κ1) is 11.3. The Kier molecular flexibility index (Phi) is 3.39. The number of hydrogen-bond acceptors (Lipinski definition) is 2. The standard InChI is InChI=1S/C12H13BrN2O/c1-2-12(16)15-6-5-9(8-15)11-4-3-10(13)7-14-11/h2-4,7,9H,1,5-6,8H2. The monoisotopic (exact) mass is 280 g/mol. The molecular formula is C12H13BrN2O. The highest BCUT2D eigenvalue weighted by atomic mass is 79.9. The lowest BCUT2D eigenvalue weighted by Crippen LogP contribution is -2.26. The lowest BCUT2D eigenvalue weighted by atomic mass is 10.0. The van der Waals surface area contributed by atoms with E-state index in [1.165, 1.54) is 6.08 Å². The molecule has 1 unspecified atom stereocenters. The van der Waals surface area contributed by atoms with Crippen LogP contribution in [0.1, 0.15) is 18.0 Å². The van der Waals surface area contributed by atoms with Crippen LogP contribution in [0.3, 0.4) is 0 Å². The number of nitrogens with zero attached hydrogens (tertiary/aromatic N) is 2. The Bertz CT molecular complexity index is 402. The molecule has 0 N–H and O–H groups in total. The van der Waals surface area contributed by atoms with Crippen molar-refractivity contribution < 1.29 is 4.79 Å². The smallest absolute Gasteiger partial charge is 0.245 e. The van der Waals surface area contributed by atoms with Crippen molar-refractivity contribution in [1.82, 2.24) is 9.88 Å². The summed E-state index contributed by atoms with van der Waals surface area (Å²) in [6, 6.07) is 4.00. The second-order valence-corrected chi connectivity index (χ2v) is 4.79. The molecule has 1 aromatic heterocycles. The molecule has 1 aliphatic rings. The lowest BCUT2D eigenvalue weighted by molar-refractivity contribution is -0.125. The molecule has 0 aromatic carbocycles. The first-order chi connectivity index (χ1) is 7.70. The van der Waals surface area contributed by atoms with Crippen LogP contribution in [0.5, 0.6) is 0 Å². The maximum atomic E-state index is 11.4. The molecule has 1 atom stereocenters. The molecule has 16 heavy (non-hydrogen) atoms. The Balaban J connectivity index is 2.06. The Morgan fingerprint density at radius 2 is 2.44 bits per heavy atom. The van der Waals surface area contributed by atoms with Crippen molar-refractivity contribution in [2.75, 3.05) is 13.1 Å². The fourth-order valence-electron chi connectivity index (χ4n) is 1.96. The van der Waals surface area contributed by atoms with Gasteiger partial charge in [-0.3, -0.25) is 9.78 Å². The average Bonchev–Trinajstić information content (AvgIpc) is 2.78. The van der Waals surface area contributed by atoms with E-state index in [1.54, 1.807) is 6.20 Å². The van der Waals surface area contributed by atoms with E-state index in [-0.39, 0.29) is 5.91 Å². The lowest BCUT2D eigenvalue weighted by Gasteiger charge is -2.13. The van der Waals surface area contributed by atoms with Crippen LogP contribution in [0.15, 0.2) is 35.5 Å². The van der Waals surface area contributed by atoms with Crippen molar-refractivity contribution in [3.05, 3.63) is 41.2 Å². The summed E-state index contributed by atoms with van der Waals surface area (Å²) in [6.45, 7) is 5.05. The molecule has 1 fully saturated rings. The largest absolute Gasteiger partial charge is 0.338 e. The molecule has 1 saturated heterocycles. The summed E-state index contributed by atoms with van der Waals surface area (Å²) in [5.74, 6) is 0.372. The van der Waals surface area contributed by atoms with Gasteiger partial charge in [-0.2, -0.15) is 0 Å². The van der Waals surface area contributed by atoms with E-state index in [4.69, 9.17) is 0 Å². The minimum absolute atomic E-state index is 0.0135. The van der Waals surface area contributed by atoms with E-state index in [0.717, 1.165) is 29.7 Å². The number of amides is 1. The van der Waals surface area contributed by atoms with Crippen LogP contribution < -0.4 is 0 Å². The third-order valence-corrected chi connectivity index (χ3v) is 3.31. The van der Waals surface area contributed by atoms with Crippen LogP contribution in [-0.4, -0.2) is 28.9 Å². The summed E-state index contributed by atoms with van der Waals surface area (Å²) in [5.41, 5.74) is 1.06. The number of rotatable bonds is 2. The average molecular weight is 281 g/mol. The fraction of sp³-hybridized carbons (Fsp3) is 0.333. The maximum absolute atomic E-state index is 11.4. The number of carbonyl (C=O) groups excluding carboxylic acids is 1. The highest BCUT2D eigenvalue weighted by Crippen LogP contribution is 2.26. The van der Waals surface area contributed by atoms with Crippen LogP contribution in [0, 0.1) is 0 Å². The SMILES string of the molecule is C=CC(=O)N1CCC(c2ccc(Br)cn2)C1. The number of pyridine rings is 1. The van der Waals surface area contributed by atoms with Gasteiger partial charge in [0.15, 0.2) is 0 Å². The minimum atomic E-state index is 0.0135. The first-order valence-electron chi connectivity index (χ1n) is 5.23. The van der Waals surface area contributed by atoms with E-state index >= 15 is 0 Å². The molecule has 1 aromatic rings. The van der Waals surface area contributed by atoms with Gasteiger partial charge in [0, 0.05) is 35.4 Å². The van der Waals surface area contributed by atoms with E-state index in [9.17, 15) is 4.79 Å². The van der Waals surface area contributed by atoms with Gasteiger partial charge >= 0.3 is 0 Å². The molecule has 1 amide bonds. The van der Waals surface area contributed by atoms with Gasteiger partial charge in [-0.25, -0.2) is 0 Å². The second kappa shape index (κ2) is 4.78. The third-order valence-electron chi connectivity index (χ3n) is 2.84. The number of carbonyl (C=O) groups is 1. The third kappa shape index (κ3) is 2.32. The highest BCUT2D eigenvalue weighted by Gasteiger charge is 2.26. The number of aromatic nitrogens is 1. The molecule has 3 nitrogen and oxygen atoms in total. The van der Waals surface area contributed by atoms with Gasteiger partial charge in [-0.1, -0.05) is 6.58 Å². The molecule has 0 spiro atoms. The van der Waals surface area contributed by atoms with Crippen LogP contribution in [0.25, 0.3) is 0 Å². The molecule has 0 bridgehead atoms. The Morgan fingerprint density at radius 1 is 1.62 bits per heavy atom. The summed E-state index contributed by atoms with van der Waals surface area (Å²) >= 11 is 3.36. The summed E-state index contributed by atoms with van der Waals surface area (Å²) in [5, 5.41) is 0. The molecule has 2 heterocycles. The zero-order valence-corrected chi connectivity index (χ0v) is 10.5. The van der Waals surface area contributed by atoms with E-state index in [0.29, 0.717) is 5.92 Å². The van der Waals surface area contributed by atoms with Gasteiger partial charge in [0.1, 0.15) is 0 Å². The molecule has 4 heteroatoms. The van der Waals surface area contributed by atoms with Gasteiger partial charge in [0.25, 0.3) is 0 Å². The zero-order valence-electron chi connectivity index (χ0n) is 8.90. The van der Waals surface area contributed by atoms with Gasteiger partial charge in [-0.05, 0) is 40.6 Å². The maximum Gasteiger partial charge on any atom is 0.245 e. The van der Waals surface area contributed by atoms with Gasteiger partial charge in [0.05, 0.1) is 0 Å². The Morgan fingerprint density at radius 3 is 3.06 bits per heavy atom. The summed E-state index contributed by atoms with van der Waals surface area (Å²) in [7, 11) is 0. The van der Waals surface area contributed by atoms with E-state index < -0.39 is 0 Å². The molecule has 2 rings (SSSR count). The van der Waals surface area contributed by atoms with Crippen molar-refractivity contribution in [3.63, 3.8) is 0 Å². The van der Waals surface area contributed by atoms with E-state index in [2.05, 4.69) is 27.5 Å². The zero-order chi connectivity index (χ0) is 11.5. The Hall–Kier alpha value is -1.16.